The quantitative estimate of drug-likeness (QED) is 0.667. The number of para-hydroxylation sites is 2. The molecule has 0 amide bonds. The Morgan fingerprint density at radius 2 is 1.85 bits per heavy atom. The van der Waals surface area contributed by atoms with Crippen LogP contribution in [-0.4, -0.2) is 19.1 Å². The summed E-state index contributed by atoms with van der Waals surface area (Å²) in [4.78, 5) is 2.52. The number of unbranched alkanes of at least 4 members (excludes halogenated alkanes) is 3. The molecule has 0 saturated carbocycles. The standard InChI is InChI=1S/C18H30N2/c1-3-4-5-6-11-16(2)19-17-12-7-8-13-18(17)20-14-9-10-15-20/h7-8,12-13,16,19H,3-6,9-11,14-15H2,1-2H3. The molecule has 0 spiro atoms. The third-order valence-electron chi connectivity index (χ3n) is 4.24. The molecule has 112 valence electrons. The van der Waals surface area contributed by atoms with Crippen LogP contribution in [0.15, 0.2) is 24.3 Å². The Morgan fingerprint density at radius 1 is 1.10 bits per heavy atom. The normalized spacial score (nSPS) is 16.4. The molecule has 20 heavy (non-hydrogen) atoms. The lowest BCUT2D eigenvalue weighted by molar-refractivity contribution is 0.594. The maximum Gasteiger partial charge on any atom is 0.0602 e. The van der Waals surface area contributed by atoms with Gasteiger partial charge in [0.25, 0.3) is 0 Å². The van der Waals surface area contributed by atoms with Crippen molar-refractivity contribution in [1.29, 1.82) is 0 Å². The van der Waals surface area contributed by atoms with Crippen LogP contribution < -0.4 is 10.2 Å². The number of anilines is 2. The van der Waals surface area contributed by atoms with Crippen molar-refractivity contribution in [2.24, 2.45) is 0 Å². The van der Waals surface area contributed by atoms with Crippen molar-refractivity contribution in [1.82, 2.24) is 0 Å². The van der Waals surface area contributed by atoms with Crippen molar-refractivity contribution in [3.8, 4) is 0 Å². The van der Waals surface area contributed by atoms with E-state index in [-0.39, 0.29) is 0 Å². The van der Waals surface area contributed by atoms with Crippen molar-refractivity contribution < 1.29 is 0 Å². The van der Waals surface area contributed by atoms with Gasteiger partial charge in [-0.15, -0.1) is 0 Å². The Morgan fingerprint density at radius 3 is 2.60 bits per heavy atom. The molecule has 1 aromatic carbocycles. The van der Waals surface area contributed by atoms with E-state index in [2.05, 4.69) is 48.3 Å². The summed E-state index contributed by atoms with van der Waals surface area (Å²) in [5, 5.41) is 3.72. The molecule has 1 N–H and O–H groups in total. The molecule has 0 aliphatic carbocycles. The van der Waals surface area contributed by atoms with Gasteiger partial charge in [-0.3, -0.25) is 0 Å². The molecule has 1 fully saturated rings. The predicted molar refractivity (Wildman–Crippen MR) is 89.7 cm³/mol. The van der Waals surface area contributed by atoms with Gasteiger partial charge in [0.1, 0.15) is 0 Å². The van der Waals surface area contributed by atoms with Crippen LogP contribution in [0.3, 0.4) is 0 Å². The van der Waals surface area contributed by atoms with Gasteiger partial charge in [0, 0.05) is 19.1 Å². The first-order valence-electron chi connectivity index (χ1n) is 8.41. The monoisotopic (exact) mass is 274 g/mol. The Labute approximate surface area is 124 Å². The van der Waals surface area contributed by atoms with E-state index >= 15 is 0 Å². The highest BCUT2D eigenvalue weighted by atomic mass is 15.2. The topological polar surface area (TPSA) is 15.3 Å². The summed E-state index contributed by atoms with van der Waals surface area (Å²) in [5.74, 6) is 0. The van der Waals surface area contributed by atoms with E-state index in [1.807, 2.05) is 0 Å². The maximum atomic E-state index is 3.72. The van der Waals surface area contributed by atoms with Gasteiger partial charge in [0.15, 0.2) is 0 Å². The highest BCUT2D eigenvalue weighted by Gasteiger charge is 2.15. The molecular weight excluding hydrogens is 244 g/mol. The van der Waals surface area contributed by atoms with Crippen LogP contribution in [0.25, 0.3) is 0 Å². The van der Waals surface area contributed by atoms with Crippen LogP contribution in [-0.2, 0) is 0 Å². The van der Waals surface area contributed by atoms with Crippen LogP contribution in [0, 0.1) is 0 Å². The van der Waals surface area contributed by atoms with Crippen molar-refractivity contribution in [3.05, 3.63) is 24.3 Å². The van der Waals surface area contributed by atoms with Gasteiger partial charge in [-0.2, -0.15) is 0 Å². The fourth-order valence-corrected chi connectivity index (χ4v) is 3.04. The largest absolute Gasteiger partial charge is 0.381 e. The second-order valence-electron chi connectivity index (χ2n) is 6.11. The first kappa shape index (κ1) is 15.2. The Bertz CT molecular complexity index is 383. The fraction of sp³-hybridized carbons (Fsp3) is 0.667. The van der Waals surface area contributed by atoms with Gasteiger partial charge < -0.3 is 10.2 Å². The van der Waals surface area contributed by atoms with Crippen molar-refractivity contribution in [2.45, 2.75) is 64.8 Å². The maximum absolute atomic E-state index is 3.72. The molecule has 2 nitrogen and oxygen atoms in total. The summed E-state index contributed by atoms with van der Waals surface area (Å²) in [6.07, 6.45) is 9.34. The average Bonchev–Trinajstić information content (AvgIpc) is 2.98. The second kappa shape index (κ2) is 8.18. The molecule has 1 saturated heterocycles. The summed E-state index contributed by atoms with van der Waals surface area (Å²) in [5.41, 5.74) is 2.71. The molecule has 0 radical (unpaired) electrons. The summed E-state index contributed by atoms with van der Waals surface area (Å²) >= 11 is 0. The number of hydrogen-bond donors (Lipinski definition) is 1. The molecular formula is C18H30N2. The number of hydrogen-bond acceptors (Lipinski definition) is 2. The van der Waals surface area contributed by atoms with E-state index in [4.69, 9.17) is 0 Å². The molecule has 0 bridgehead atoms. The van der Waals surface area contributed by atoms with E-state index in [1.165, 1.54) is 69.4 Å². The molecule has 1 aliphatic rings. The number of nitrogens with one attached hydrogen (secondary N) is 1. The highest BCUT2D eigenvalue weighted by Crippen LogP contribution is 2.29. The number of rotatable bonds is 8. The van der Waals surface area contributed by atoms with Gasteiger partial charge in [0.2, 0.25) is 0 Å². The first-order chi connectivity index (χ1) is 9.81. The van der Waals surface area contributed by atoms with Gasteiger partial charge in [-0.25, -0.2) is 0 Å². The fourth-order valence-electron chi connectivity index (χ4n) is 3.04. The van der Waals surface area contributed by atoms with Crippen LogP contribution in [0.1, 0.15) is 58.8 Å². The Balaban J connectivity index is 1.88. The van der Waals surface area contributed by atoms with E-state index in [1.54, 1.807) is 0 Å². The molecule has 2 heteroatoms. The van der Waals surface area contributed by atoms with Crippen molar-refractivity contribution in [3.63, 3.8) is 0 Å². The molecule has 1 aromatic rings. The Kier molecular flexibility index (Phi) is 6.23. The summed E-state index contributed by atoms with van der Waals surface area (Å²) in [6.45, 7) is 7.01. The molecule has 0 aromatic heterocycles. The SMILES string of the molecule is CCCCCCC(C)Nc1ccccc1N1CCCC1. The van der Waals surface area contributed by atoms with E-state index in [9.17, 15) is 0 Å². The molecule has 1 unspecified atom stereocenters. The second-order valence-corrected chi connectivity index (χ2v) is 6.11. The van der Waals surface area contributed by atoms with Gasteiger partial charge >= 0.3 is 0 Å². The summed E-state index contributed by atoms with van der Waals surface area (Å²) in [6, 6.07) is 9.36. The van der Waals surface area contributed by atoms with E-state index in [0.717, 1.165) is 0 Å². The van der Waals surface area contributed by atoms with Crippen LogP contribution in [0.2, 0.25) is 0 Å². The van der Waals surface area contributed by atoms with Gasteiger partial charge in [-0.1, -0.05) is 44.7 Å². The van der Waals surface area contributed by atoms with Crippen LogP contribution in [0.4, 0.5) is 11.4 Å². The summed E-state index contributed by atoms with van der Waals surface area (Å²) in [7, 11) is 0. The zero-order valence-electron chi connectivity index (χ0n) is 13.2. The zero-order chi connectivity index (χ0) is 14.2. The third-order valence-corrected chi connectivity index (χ3v) is 4.24. The van der Waals surface area contributed by atoms with Gasteiger partial charge in [-0.05, 0) is 38.3 Å². The lowest BCUT2D eigenvalue weighted by atomic mass is 10.1. The van der Waals surface area contributed by atoms with Crippen molar-refractivity contribution in [2.75, 3.05) is 23.3 Å². The smallest absolute Gasteiger partial charge is 0.0602 e. The molecule has 1 heterocycles. The first-order valence-corrected chi connectivity index (χ1v) is 8.41. The number of benzene rings is 1. The minimum absolute atomic E-state index is 0.565. The van der Waals surface area contributed by atoms with Crippen LogP contribution >= 0.6 is 0 Å². The molecule has 2 rings (SSSR count). The molecule has 1 aliphatic heterocycles. The Hall–Kier alpha value is -1.18. The lowest BCUT2D eigenvalue weighted by Crippen LogP contribution is -2.22. The highest BCUT2D eigenvalue weighted by molar-refractivity contribution is 5.70. The van der Waals surface area contributed by atoms with Crippen LogP contribution in [0.5, 0.6) is 0 Å². The lowest BCUT2D eigenvalue weighted by Gasteiger charge is -2.24. The van der Waals surface area contributed by atoms with E-state index < -0.39 is 0 Å². The summed E-state index contributed by atoms with van der Waals surface area (Å²) < 4.78 is 0. The minimum atomic E-state index is 0.565. The van der Waals surface area contributed by atoms with Crippen molar-refractivity contribution >= 4 is 11.4 Å². The van der Waals surface area contributed by atoms with E-state index in [0.29, 0.717) is 6.04 Å². The number of nitrogens with zero attached hydrogens (tertiary/aromatic N) is 1. The predicted octanol–water partition coefficient (Wildman–Crippen LogP) is 5.06. The average molecular weight is 274 g/mol. The minimum Gasteiger partial charge on any atom is -0.381 e. The third kappa shape index (κ3) is 4.43. The molecule has 1 atom stereocenters. The zero-order valence-corrected chi connectivity index (χ0v) is 13.2. The van der Waals surface area contributed by atoms with Gasteiger partial charge in [0.05, 0.1) is 11.4 Å².